The standard InChI is InChI=1S/C16H12O2.C13H14O4.C12H12O3.C11H10O2.C10H16O2.C9H14O2.2C8H12O2/c1-12(15(17)13-8-4-2-5-9-13)16(18)14-10-6-3-7-11-14;1-8(9(2)14)13(15)11-6-5-10(16-3)7-12(11)17-4;1-8(9(2)13)12(14)10-4-6-11(15-3)7-5-10;1-8(9(2)12)11(13)10-6-4-3-5-7-10;1-4-6-9(11)8(3)10(12)7-5-2;1-6(7(2)10)8(11)9(3,4)5;1-5(2)8(10)6(3)7(4)9;1-4-7(9)6(3)8(10)5-2/h2-11H,1H2;5-7H,1H2,2-4H3;4-7H,1H2,2-3H3;3-7H,1H2,2H3;3-7H2,1-2H3;1H2,2-5H3;5H,3H2,1-2,4H3;3-5H2,1-2H3. The summed E-state index contributed by atoms with van der Waals surface area (Å²) in [5, 5.41) is 0. The predicted molar refractivity (Wildman–Crippen MR) is 415 cm³/mol. The van der Waals surface area contributed by atoms with Crippen molar-refractivity contribution in [2.24, 2.45) is 11.3 Å². The summed E-state index contributed by atoms with van der Waals surface area (Å²) in [6.45, 7) is 50.4. The molecule has 0 aromatic heterocycles. The Labute approximate surface area is 624 Å². The highest BCUT2D eigenvalue weighted by Crippen LogP contribution is 2.27. The van der Waals surface area contributed by atoms with Crippen LogP contribution in [0.1, 0.15) is 187 Å². The highest BCUT2D eigenvalue weighted by atomic mass is 16.5. The minimum Gasteiger partial charge on any atom is -0.497 e. The van der Waals surface area contributed by atoms with Crippen molar-refractivity contribution < 1.29 is 90.9 Å². The highest BCUT2D eigenvalue weighted by molar-refractivity contribution is 6.31. The van der Waals surface area contributed by atoms with Gasteiger partial charge in [0.15, 0.2) is 92.5 Å². The van der Waals surface area contributed by atoms with Gasteiger partial charge < -0.3 is 14.2 Å². The predicted octanol–water partition coefficient (Wildman–Crippen LogP) is 16.3. The van der Waals surface area contributed by atoms with Crippen LogP contribution in [0.4, 0.5) is 0 Å². The van der Waals surface area contributed by atoms with Crippen molar-refractivity contribution in [3.8, 4) is 17.2 Å². The fraction of sp³-hybridized carbons (Fsp3) is 0.287. The first-order chi connectivity index (χ1) is 49.4. The van der Waals surface area contributed by atoms with Crippen molar-refractivity contribution >= 4 is 92.5 Å². The molecule has 0 bridgehead atoms. The molecule has 0 fully saturated rings. The number of rotatable bonds is 31. The molecule has 0 saturated carbocycles. The molecule has 19 heteroatoms. The lowest BCUT2D eigenvalue weighted by Gasteiger charge is -2.16. The zero-order chi connectivity index (χ0) is 82.5. The Balaban J connectivity index is -0.00000115. The zero-order valence-electron chi connectivity index (χ0n) is 64.4. The number of ketones is 16. The van der Waals surface area contributed by atoms with Crippen molar-refractivity contribution in [2.75, 3.05) is 21.3 Å². The molecule has 0 N–H and O–H groups in total. The third-order valence-corrected chi connectivity index (χ3v) is 14.3. The first-order valence-corrected chi connectivity index (χ1v) is 33.4. The SMILES string of the molecule is C=C(C(=O)CC)C(=O)CC.C=C(C(=O)CCC)C(=O)CCC.C=C(C(=O)c1ccccc1)C(=O)c1ccccc1.C=C(C(C)=O)C(=O)C(C)(C)C.C=C(C(C)=O)C(=O)C(C)C.C=C(C(C)=O)C(=O)c1ccc(OC)cc1.C=C(C(C)=O)C(=O)c1ccc(OC)cc1OC.C=C(C(C)=O)C(=O)c1ccccc1. The molecule has 0 aliphatic rings. The second kappa shape index (κ2) is 51.3. The molecule has 0 aliphatic heterocycles. The van der Waals surface area contributed by atoms with Gasteiger partial charge >= 0.3 is 0 Å². The van der Waals surface area contributed by atoms with Gasteiger partial charge in [0.25, 0.3) is 0 Å². The first-order valence-electron chi connectivity index (χ1n) is 33.4. The summed E-state index contributed by atoms with van der Waals surface area (Å²) in [5.74, 6) is -2.52. The Kier molecular flexibility index (Phi) is 47.6. The Bertz CT molecular complexity index is 4000. The van der Waals surface area contributed by atoms with E-state index in [0.29, 0.717) is 70.7 Å². The Hall–Kier alpha value is -11.9. The van der Waals surface area contributed by atoms with Crippen molar-refractivity contribution in [2.45, 2.75) is 135 Å². The second-order valence-electron chi connectivity index (χ2n) is 24.1. The summed E-state index contributed by atoms with van der Waals surface area (Å²) in [7, 11) is 4.51. The van der Waals surface area contributed by atoms with Gasteiger partial charge in [0, 0.05) is 65.3 Å². The minimum atomic E-state index is -0.497. The zero-order valence-corrected chi connectivity index (χ0v) is 64.4. The number of benzene rings is 5. The number of ether oxygens (including phenoxy) is 3. The van der Waals surface area contributed by atoms with Crippen LogP contribution in [0.25, 0.3) is 0 Å². The Morgan fingerprint density at radius 3 is 0.887 bits per heavy atom. The van der Waals surface area contributed by atoms with Crippen LogP contribution in [0.3, 0.4) is 0 Å². The quantitative estimate of drug-likeness (QED) is 0.0172. The largest absolute Gasteiger partial charge is 0.497 e. The molecular weight excluding hydrogens is 1350 g/mol. The Morgan fingerprint density at radius 2 is 0.632 bits per heavy atom. The minimum absolute atomic E-state index is 0.000154. The van der Waals surface area contributed by atoms with Crippen molar-refractivity contribution in [1.29, 1.82) is 0 Å². The molecular formula is C87H102O19. The number of hydrogen-bond donors (Lipinski definition) is 0. The molecule has 0 heterocycles. The van der Waals surface area contributed by atoms with Gasteiger partial charge in [0.05, 0.1) is 71.5 Å². The molecule has 5 aromatic carbocycles. The van der Waals surface area contributed by atoms with E-state index in [-0.39, 0.29) is 137 Å². The normalized spacial score (nSPS) is 9.64. The third-order valence-electron chi connectivity index (χ3n) is 14.3. The molecule has 19 nitrogen and oxygen atoms in total. The van der Waals surface area contributed by atoms with E-state index < -0.39 is 11.2 Å². The molecule has 0 spiro atoms. The topological polar surface area (TPSA) is 301 Å². The lowest BCUT2D eigenvalue weighted by atomic mass is 9.86. The van der Waals surface area contributed by atoms with Crippen LogP contribution in [0.5, 0.6) is 17.2 Å². The fourth-order valence-electron chi connectivity index (χ4n) is 7.57. The van der Waals surface area contributed by atoms with Crippen molar-refractivity contribution in [1.82, 2.24) is 0 Å². The van der Waals surface area contributed by atoms with Gasteiger partial charge in [-0.25, -0.2) is 0 Å². The van der Waals surface area contributed by atoms with E-state index >= 15 is 0 Å². The molecule has 0 atom stereocenters. The van der Waals surface area contributed by atoms with E-state index in [1.165, 1.54) is 48.8 Å². The smallest absolute Gasteiger partial charge is 0.199 e. The maximum absolute atomic E-state index is 12.0. The van der Waals surface area contributed by atoms with Gasteiger partial charge in [-0.3, -0.25) is 76.7 Å². The molecule has 0 aliphatic carbocycles. The molecule has 5 aromatic rings. The maximum atomic E-state index is 12.0. The summed E-state index contributed by atoms with van der Waals surface area (Å²) in [6.07, 6.45) is 3.16. The number of carbonyl (C=O) groups is 16. The Morgan fingerprint density at radius 1 is 0.340 bits per heavy atom. The van der Waals surface area contributed by atoms with Gasteiger partial charge in [-0.05, 0) is 83.9 Å². The summed E-state index contributed by atoms with van der Waals surface area (Å²) in [4.78, 5) is 179. The van der Waals surface area contributed by atoms with E-state index in [9.17, 15) is 76.7 Å². The van der Waals surface area contributed by atoms with Gasteiger partial charge in [0.1, 0.15) is 17.2 Å². The number of carbonyl (C=O) groups excluding carboxylic acids is 16. The van der Waals surface area contributed by atoms with Crippen LogP contribution in [0.2, 0.25) is 0 Å². The summed E-state index contributed by atoms with van der Waals surface area (Å²) in [6, 6.07) is 37.3. The molecule has 106 heavy (non-hydrogen) atoms. The molecule has 5 rings (SSSR count). The van der Waals surface area contributed by atoms with Crippen LogP contribution in [0, 0.1) is 11.3 Å². The number of hydrogen-bond acceptors (Lipinski definition) is 19. The molecule has 0 saturated heterocycles. The van der Waals surface area contributed by atoms with Gasteiger partial charge in [0.2, 0.25) is 0 Å². The van der Waals surface area contributed by atoms with E-state index in [1.54, 1.807) is 171 Å². The van der Waals surface area contributed by atoms with Gasteiger partial charge in [-0.2, -0.15) is 0 Å². The number of Topliss-reactive ketones (excluding diaryl/α,β-unsaturated/α-hetero) is 16. The van der Waals surface area contributed by atoms with Gasteiger partial charge in [-0.1, -0.05) is 206 Å². The van der Waals surface area contributed by atoms with Crippen LogP contribution < -0.4 is 14.2 Å². The lowest BCUT2D eigenvalue weighted by molar-refractivity contribution is -0.126. The summed E-state index contributed by atoms with van der Waals surface area (Å²) < 4.78 is 15.1. The van der Waals surface area contributed by atoms with Gasteiger partial charge in [-0.15, -0.1) is 0 Å². The third kappa shape index (κ3) is 36.3. The molecule has 0 amide bonds. The summed E-state index contributed by atoms with van der Waals surface area (Å²) >= 11 is 0. The van der Waals surface area contributed by atoms with E-state index in [0.717, 1.165) is 12.8 Å². The summed E-state index contributed by atoms with van der Waals surface area (Å²) in [5.41, 5.74) is 2.19. The van der Waals surface area contributed by atoms with Crippen LogP contribution in [0.15, 0.2) is 231 Å². The average molecular weight is 1450 g/mol. The van der Waals surface area contributed by atoms with E-state index in [1.807, 2.05) is 32.0 Å². The highest BCUT2D eigenvalue weighted by Gasteiger charge is 2.26. The number of methoxy groups -OCH3 is 3. The van der Waals surface area contributed by atoms with Crippen LogP contribution in [-0.4, -0.2) is 114 Å². The maximum Gasteiger partial charge on any atom is 0.199 e. The molecule has 0 unspecified atom stereocenters. The van der Waals surface area contributed by atoms with E-state index in [2.05, 4.69) is 52.6 Å². The van der Waals surface area contributed by atoms with Crippen LogP contribution in [-0.2, 0) is 52.7 Å². The van der Waals surface area contributed by atoms with Crippen LogP contribution >= 0.6 is 0 Å². The lowest BCUT2D eigenvalue weighted by Crippen LogP contribution is -2.24. The number of allylic oxidation sites excluding steroid dienone is 8. The van der Waals surface area contributed by atoms with Crippen molar-refractivity contribution in [3.05, 3.63) is 258 Å². The monoisotopic (exact) mass is 1450 g/mol. The fourth-order valence-corrected chi connectivity index (χ4v) is 7.57. The first kappa shape index (κ1) is 98.3. The molecule has 564 valence electrons. The van der Waals surface area contributed by atoms with Crippen molar-refractivity contribution in [3.63, 3.8) is 0 Å². The average Bonchev–Trinajstić information content (AvgIpc) is 0.845. The second-order valence-corrected chi connectivity index (χ2v) is 24.1. The molecule has 0 radical (unpaired) electrons. The van der Waals surface area contributed by atoms with E-state index in [4.69, 9.17) is 14.2 Å².